The van der Waals surface area contributed by atoms with Crippen molar-refractivity contribution in [3.8, 4) is 10.4 Å². The molecule has 0 unspecified atom stereocenters. The molecule has 0 aliphatic carbocycles. The monoisotopic (exact) mass is 314 g/mol. The van der Waals surface area contributed by atoms with Gasteiger partial charge in [0.05, 0.1) is 17.4 Å². The number of hydrogen-bond donors (Lipinski definition) is 1. The Kier molecular flexibility index (Phi) is 4.11. The number of rotatable bonds is 4. The Morgan fingerprint density at radius 1 is 1.18 bits per heavy atom. The van der Waals surface area contributed by atoms with Gasteiger partial charge >= 0.3 is 0 Å². The summed E-state index contributed by atoms with van der Waals surface area (Å²) in [6.45, 7) is 0. The Bertz CT molecular complexity index is 792. The van der Waals surface area contributed by atoms with Crippen LogP contribution < -0.4 is 5.43 Å². The zero-order valence-electron chi connectivity index (χ0n) is 11.3. The van der Waals surface area contributed by atoms with E-state index in [2.05, 4.69) is 10.5 Å². The maximum Gasteiger partial charge on any atom is 0.281 e. The minimum atomic E-state index is -0.304. The van der Waals surface area contributed by atoms with Gasteiger partial charge in [0.1, 0.15) is 11.6 Å². The second kappa shape index (κ2) is 6.36. The molecule has 0 aliphatic rings. The summed E-state index contributed by atoms with van der Waals surface area (Å²) in [5.41, 5.74) is 3.30. The molecule has 0 aliphatic heterocycles. The number of nitrogens with zero attached hydrogens (tertiary/aromatic N) is 1. The summed E-state index contributed by atoms with van der Waals surface area (Å²) < 4.78 is 18.0. The van der Waals surface area contributed by atoms with Gasteiger partial charge in [-0.15, -0.1) is 11.3 Å². The smallest absolute Gasteiger partial charge is 0.281 e. The molecule has 22 heavy (non-hydrogen) atoms. The molecule has 110 valence electrons. The molecule has 0 bridgehead atoms. The van der Waals surface area contributed by atoms with Gasteiger partial charge in [-0.2, -0.15) is 5.10 Å². The van der Waals surface area contributed by atoms with Crippen LogP contribution in [0.5, 0.6) is 0 Å². The fraction of sp³-hybridized carbons (Fsp3) is 0. The van der Waals surface area contributed by atoms with E-state index >= 15 is 0 Å². The van der Waals surface area contributed by atoms with Crippen LogP contribution in [0, 0.1) is 5.82 Å². The average Bonchev–Trinajstić information content (AvgIpc) is 3.19. The summed E-state index contributed by atoms with van der Waals surface area (Å²) in [5.74, 6) is -0.0369. The van der Waals surface area contributed by atoms with Crippen LogP contribution in [0.15, 0.2) is 64.3 Å². The topological polar surface area (TPSA) is 54.6 Å². The van der Waals surface area contributed by atoms with Crippen molar-refractivity contribution in [3.05, 3.63) is 71.2 Å². The SMILES string of the molecule is O=C(N/N=C\c1ccco1)c1ccc(-c2ccc(F)cc2)s1. The highest BCUT2D eigenvalue weighted by molar-refractivity contribution is 7.17. The highest BCUT2D eigenvalue weighted by Crippen LogP contribution is 2.28. The second-order valence-electron chi connectivity index (χ2n) is 4.39. The van der Waals surface area contributed by atoms with Crippen LogP contribution in [0.25, 0.3) is 10.4 Å². The lowest BCUT2D eigenvalue weighted by molar-refractivity contribution is 0.0959. The summed E-state index contributed by atoms with van der Waals surface area (Å²) in [4.78, 5) is 13.4. The van der Waals surface area contributed by atoms with Crippen molar-refractivity contribution in [2.24, 2.45) is 5.10 Å². The number of benzene rings is 1. The first kappa shape index (κ1) is 14.2. The normalized spacial score (nSPS) is 11.0. The van der Waals surface area contributed by atoms with Crippen LogP contribution >= 0.6 is 11.3 Å². The largest absolute Gasteiger partial charge is 0.463 e. The van der Waals surface area contributed by atoms with Crippen molar-refractivity contribution < 1.29 is 13.6 Å². The standard InChI is InChI=1S/C16H11FN2O2S/c17-12-5-3-11(4-6-12)14-7-8-15(22-14)16(20)19-18-10-13-2-1-9-21-13/h1-10H,(H,19,20)/b18-10-. The number of hydrazone groups is 1. The molecule has 2 heterocycles. The quantitative estimate of drug-likeness (QED) is 0.586. The van der Waals surface area contributed by atoms with Crippen LogP contribution in [-0.4, -0.2) is 12.1 Å². The maximum absolute atomic E-state index is 12.9. The van der Waals surface area contributed by atoms with Crippen molar-refractivity contribution in [1.29, 1.82) is 0 Å². The van der Waals surface area contributed by atoms with E-state index in [0.717, 1.165) is 10.4 Å². The van der Waals surface area contributed by atoms with E-state index in [9.17, 15) is 9.18 Å². The molecule has 0 atom stereocenters. The Morgan fingerprint density at radius 2 is 2.00 bits per heavy atom. The van der Waals surface area contributed by atoms with E-state index in [1.165, 1.54) is 35.9 Å². The van der Waals surface area contributed by atoms with Crippen LogP contribution in [0.1, 0.15) is 15.4 Å². The van der Waals surface area contributed by atoms with E-state index in [1.807, 2.05) is 6.07 Å². The third-order valence-corrected chi connectivity index (χ3v) is 3.99. The first-order valence-corrected chi connectivity index (χ1v) is 7.27. The second-order valence-corrected chi connectivity index (χ2v) is 5.47. The van der Waals surface area contributed by atoms with Crippen molar-refractivity contribution in [1.82, 2.24) is 5.43 Å². The van der Waals surface area contributed by atoms with E-state index in [0.29, 0.717) is 10.6 Å². The lowest BCUT2D eigenvalue weighted by Gasteiger charge is -1.97. The number of amides is 1. The Labute approximate surface area is 129 Å². The van der Waals surface area contributed by atoms with E-state index in [-0.39, 0.29) is 11.7 Å². The Morgan fingerprint density at radius 3 is 2.73 bits per heavy atom. The van der Waals surface area contributed by atoms with E-state index < -0.39 is 0 Å². The average molecular weight is 314 g/mol. The van der Waals surface area contributed by atoms with Gasteiger partial charge < -0.3 is 4.42 Å². The number of hydrogen-bond acceptors (Lipinski definition) is 4. The molecule has 0 fully saturated rings. The summed E-state index contributed by atoms with van der Waals surface area (Å²) in [6.07, 6.45) is 2.95. The van der Waals surface area contributed by atoms with Crippen LogP contribution in [-0.2, 0) is 0 Å². The molecule has 3 rings (SSSR count). The third kappa shape index (κ3) is 3.29. The molecular formula is C16H11FN2O2S. The molecule has 0 saturated heterocycles. The Balaban J connectivity index is 1.68. The van der Waals surface area contributed by atoms with Gasteiger partial charge in [-0.05, 0) is 42.0 Å². The maximum atomic E-state index is 12.9. The molecule has 3 aromatic rings. The van der Waals surface area contributed by atoms with Crippen molar-refractivity contribution >= 4 is 23.5 Å². The van der Waals surface area contributed by atoms with Crippen LogP contribution in [0.2, 0.25) is 0 Å². The number of carbonyl (C=O) groups is 1. The van der Waals surface area contributed by atoms with E-state index in [1.54, 1.807) is 30.3 Å². The molecule has 1 aromatic carbocycles. The number of furan rings is 1. The zero-order chi connectivity index (χ0) is 15.4. The van der Waals surface area contributed by atoms with Gasteiger partial charge in [-0.3, -0.25) is 4.79 Å². The predicted octanol–water partition coefficient (Wildman–Crippen LogP) is 3.91. The van der Waals surface area contributed by atoms with Crippen molar-refractivity contribution in [3.63, 3.8) is 0 Å². The molecule has 2 aromatic heterocycles. The van der Waals surface area contributed by atoms with E-state index in [4.69, 9.17) is 4.42 Å². The third-order valence-electron chi connectivity index (χ3n) is 2.86. The van der Waals surface area contributed by atoms with Crippen LogP contribution in [0.3, 0.4) is 0 Å². The Hall–Kier alpha value is -2.73. The molecule has 6 heteroatoms. The van der Waals surface area contributed by atoms with Gasteiger partial charge in [0, 0.05) is 4.88 Å². The molecular weight excluding hydrogens is 303 g/mol. The van der Waals surface area contributed by atoms with Gasteiger partial charge in [0.25, 0.3) is 5.91 Å². The molecule has 0 spiro atoms. The molecule has 0 radical (unpaired) electrons. The van der Waals surface area contributed by atoms with Crippen molar-refractivity contribution in [2.45, 2.75) is 0 Å². The van der Waals surface area contributed by atoms with Gasteiger partial charge in [-0.25, -0.2) is 9.82 Å². The van der Waals surface area contributed by atoms with Gasteiger partial charge in [0.15, 0.2) is 0 Å². The zero-order valence-corrected chi connectivity index (χ0v) is 12.1. The summed E-state index contributed by atoms with van der Waals surface area (Å²) in [5, 5.41) is 3.82. The number of halogens is 1. The lowest BCUT2D eigenvalue weighted by Crippen LogP contribution is -2.15. The fourth-order valence-electron chi connectivity index (χ4n) is 1.80. The lowest BCUT2D eigenvalue weighted by atomic mass is 10.2. The highest BCUT2D eigenvalue weighted by Gasteiger charge is 2.09. The van der Waals surface area contributed by atoms with Crippen molar-refractivity contribution in [2.75, 3.05) is 0 Å². The summed E-state index contributed by atoms with van der Waals surface area (Å²) in [7, 11) is 0. The van der Waals surface area contributed by atoms with Gasteiger partial charge in [0.2, 0.25) is 0 Å². The predicted molar refractivity (Wildman–Crippen MR) is 83.5 cm³/mol. The minimum absolute atomic E-state index is 0.287. The highest BCUT2D eigenvalue weighted by atomic mass is 32.1. The van der Waals surface area contributed by atoms with Gasteiger partial charge in [-0.1, -0.05) is 12.1 Å². The number of thiophene rings is 1. The summed E-state index contributed by atoms with van der Waals surface area (Å²) in [6, 6.07) is 13.1. The molecule has 1 amide bonds. The van der Waals surface area contributed by atoms with Crippen LogP contribution in [0.4, 0.5) is 4.39 Å². The molecule has 0 saturated carbocycles. The summed E-state index contributed by atoms with van der Waals surface area (Å²) >= 11 is 1.32. The molecule has 4 nitrogen and oxygen atoms in total. The number of nitrogens with one attached hydrogen (secondary N) is 1. The number of carbonyl (C=O) groups excluding carboxylic acids is 1. The minimum Gasteiger partial charge on any atom is -0.463 e. The fourth-order valence-corrected chi connectivity index (χ4v) is 2.70. The first-order chi connectivity index (χ1) is 10.7. The molecule has 1 N–H and O–H groups in total. The first-order valence-electron chi connectivity index (χ1n) is 6.45.